The van der Waals surface area contributed by atoms with E-state index < -0.39 is 5.97 Å². The number of aromatic carboxylic acids is 1. The fraction of sp³-hybridized carbons (Fsp3) is 0.0833. The lowest BCUT2D eigenvalue weighted by atomic mass is 9.97. The topological polar surface area (TPSA) is 78.7 Å². The van der Waals surface area contributed by atoms with Crippen molar-refractivity contribution in [2.75, 3.05) is 5.01 Å². The van der Waals surface area contributed by atoms with Gasteiger partial charge >= 0.3 is 5.97 Å². The molecule has 0 radical (unpaired) electrons. The van der Waals surface area contributed by atoms with Crippen molar-refractivity contribution in [1.82, 2.24) is 9.97 Å². The summed E-state index contributed by atoms with van der Waals surface area (Å²) in [5.74, 6) is -0.972. The molecule has 0 aliphatic carbocycles. The minimum absolute atomic E-state index is 0.110. The van der Waals surface area contributed by atoms with Crippen LogP contribution in [0.25, 0.3) is 11.0 Å². The van der Waals surface area contributed by atoms with Gasteiger partial charge in [0.25, 0.3) is 0 Å². The Morgan fingerprint density at radius 1 is 0.968 bits per heavy atom. The Balaban J connectivity index is 1.60. The van der Waals surface area contributed by atoms with Crippen LogP contribution in [0.1, 0.15) is 33.9 Å². The number of rotatable bonds is 4. The molecular weight excluding hydrogens is 412 g/mol. The first kappa shape index (κ1) is 19.2. The van der Waals surface area contributed by atoms with E-state index in [-0.39, 0.29) is 11.6 Å². The van der Waals surface area contributed by atoms with Crippen LogP contribution >= 0.6 is 11.6 Å². The largest absolute Gasteiger partial charge is 0.478 e. The van der Waals surface area contributed by atoms with E-state index in [1.165, 1.54) is 0 Å². The molecule has 152 valence electrons. The summed E-state index contributed by atoms with van der Waals surface area (Å²) >= 11 is 6.05. The summed E-state index contributed by atoms with van der Waals surface area (Å²) in [4.78, 5) is 20.3. The zero-order chi connectivity index (χ0) is 21.4. The average molecular weight is 429 g/mol. The molecule has 0 saturated carbocycles. The van der Waals surface area contributed by atoms with E-state index in [0.717, 1.165) is 27.9 Å². The number of hydrogen-bond donors (Lipinski definition) is 1. The number of hydrogen-bond acceptors (Lipinski definition) is 5. The summed E-state index contributed by atoms with van der Waals surface area (Å²) in [7, 11) is 0. The van der Waals surface area contributed by atoms with Gasteiger partial charge in [-0.1, -0.05) is 35.9 Å². The van der Waals surface area contributed by atoms with Crippen LogP contribution in [0.15, 0.2) is 84.2 Å². The van der Waals surface area contributed by atoms with Crippen LogP contribution in [0, 0.1) is 0 Å². The van der Waals surface area contributed by atoms with Crippen LogP contribution in [0.3, 0.4) is 0 Å². The quantitative estimate of drug-likeness (QED) is 0.474. The van der Waals surface area contributed by atoms with Gasteiger partial charge < -0.3 is 5.11 Å². The highest BCUT2D eigenvalue weighted by atomic mass is 35.5. The minimum Gasteiger partial charge on any atom is -0.478 e. The molecule has 6 nitrogen and oxygen atoms in total. The Bertz CT molecular complexity index is 1320. The third kappa shape index (κ3) is 3.73. The van der Waals surface area contributed by atoms with Crippen molar-refractivity contribution in [3.8, 4) is 0 Å². The molecule has 2 heterocycles. The van der Waals surface area contributed by atoms with Crippen molar-refractivity contribution in [3.63, 3.8) is 0 Å². The predicted octanol–water partition coefficient (Wildman–Crippen LogP) is 5.34. The Morgan fingerprint density at radius 3 is 2.52 bits per heavy atom. The van der Waals surface area contributed by atoms with Gasteiger partial charge in [0.05, 0.1) is 34.0 Å². The van der Waals surface area contributed by atoms with E-state index in [0.29, 0.717) is 17.1 Å². The molecule has 5 rings (SSSR count). The van der Waals surface area contributed by atoms with Crippen molar-refractivity contribution < 1.29 is 9.90 Å². The molecule has 1 aliphatic heterocycles. The van der Waals surface area contributed by atoms with E-state index in [2.05, 4.69) is 9.97 Å². The first-order chi connectivity index (χ1) is 15.1. The molecule has 3 aromatic carbocycles. The molecule has 0 saturated heterocycles. The molecule has 7 heteroatoms. The Labute approximate surface area is 183 Å². The van der Waals surface area contributed by atoms with Crippen LogP contribution in [0.5, 0.6) is 0 Å². The number of aromatic nitrogens is 2. The minimum atomic E-state index is -0.972. The predicted molar refractivity (Wildman–Crippen MR) is 121 cm³/mol. The van der Waals surface area contributed by atoms with E-state index in [9.17, 15) is 9.90 Å². The molecule has 1 aliphatic rings. The zero-order valence-corrected chi connectivity index (χ0v) is 17.1. The highest BCUT2D eigenvalue weighted by Crippen LogP contribution is 2.37. The number of carbonyl (C=O) groups is 1. The molecule has 31 heavy (non-hydrogen) atoms. The summed E-state index contributed by atoms with van der Waals surface area (Å²) in [6, 6.07) is 20.3. The zero-order valence-electron chi connectivity index (χ0n) is 16.3. The van der Waals surface area contributed by atoms with Crippen molar-refractivity contribution in [2.24, 2.45) is 5.10 Å². The SMILES string of the molecule is O=C(O)c1cccc(N2N=C(c3ccc(Cl)cc3)CC2c2ccc3nccnc3c2)c1. The van der Waals surface area contributed by atoms with Crippen molar-refractivity contribution >= 4 is 40.0 Å². The number of carboxylic acids is 1. The van der Waals surface area contributed by atoms with Gasteiger partial charge in [-0.15, -0.1) is 0 Å². The van der Waals surface area contributed by atoms with Crippen molar-refractivity contribution in [2.45, 2.75) is 12.5 Å². The van der Waals surface area contributed by atoms with Crippen LogP contribution in [0.2, 0.25) is 5.02 Å². The first-order valence-electron chi connectivity index (χ1n) is 9.75. The maximum absolute atomic E-state index is 11.5. The molecule has 1 atom stereocenters. The molecule has 0 bridgehead atoms. The third-order valence-corrected chi connectivity index (χ3v) is 5.58. The number of halogens is 1. The van der Waals surface area contributed by atoms with Crippen LogP contribution in [-0.4, -0.2) is 26.8 Å². The van der Waals surface area contributed by atoms with E-state index in [1.807, 2.05) is 53.5 Å². The van der Waals surface area contributed by atoms with Gasteiger partial charge in [-0.3, -0.25) is 15.0 Å². The summed E-state index contributed by atoms with van der Waals surface area (Å²) in [6.45, 7) is 0. The monoisotopic (exact) mass is 428 g/mol. The smallest absolute Gasteiger partial charge is 0.335 e. The van der Waals surface area contributed by atoms with Gasteiger partial charge in [0.1, 0.15) is 0 Å². The summed E-state index contributed by atoms with van der Waals surface area (Å²) in [5, 5.41) is 16.8. The second-order valence-corrected chi connectivity index (χ2v) is 7.71. The number of nitrogens with zero attached hydrogens (tertiary/aromatic N) is 4. The molecule has 0 amide bonds. The van der Waals surface area contributed by atoms with Crippen LogP contribution in [-0.2, 0) is 0 Å². The molecule has 0 fully saturated rings. The Hall–Kier alpha value is -3.77. The summed E-state index contributed by atoms with van der Waals surface area (Å²) in [5.41, 5.74) is 5.47. The molecule has 0 spiro atoms. The molecule has 1 N–H and O–H groups in total. The second kappa shape index (κ2) is 7.81. The van der Waals surface area contributed by atoms with Crippen LogP contribution < -0.4 is 5.01 Å². The highest BCUT2D eigenvalue weighted by molar-refractivity contribution is 6.30. The lowest BCUT2D eigenvalue weighted by molar-refractivity contribution is 0.0697. The lowest BCUT2D eigenvalue weighted by Gasteiger charge is -2.24. The maximum Gasteiger partial charge on any atom is 0.335 e. The second-order valence-electron chi connectivity index (χ2n) is 7.28. The summed E-state index contributed by atoms with van der Waals surface area (Å²) < 4.78 is 0. The number of benzene rings is 3. The molecular formula is C24H17ClN4O2. The van der Waals surface area contributed by atoms with Crippen LogP contribution in [0.4, 0.5) is 5.69 Å². The van der Waals surface area contributed by atoms with E-state index in [4.69, 9.17) is 16.7 Å². The molecule has 1 aromatic heterocycles. The number of hydrazone groups is 1. The number of fused-ring (bicyclic) bond motifs is 1. The standard InChI is InChI=1S/C24H17ClN4O2/c25-18-7-4-15(5-8-18)21-14-23(16-6-9-20-22(13-16)27-11-10-26-20)29(28-21)19-3-1-2-17(12-19)24(30)31/h1-13,23H,14H2,(H,30,31). The fourth-order valence-electron chi connectivity index (χ4n) is 3.79. The van der Waals surface area contributed by atoms with E-state index >= 15 is 0 Å². The van der Waals surface area contributed by atoms with Gasteiger partial charge in [0.2, 0.25) is 0 Å². The van der Waals surface area contributed by atoms with E-state index in [1.54, 1.807) is 30.6 Å². The summed E-state index contributed by atoms with van der Waals surface area (Å²) in [6.07, 6.45) is 4.00. The molecule has 1 unspecified atom stereocenters. The van der Waals surface area contributed by atoms with Gasteiger partial charge in [-0.25, -0.2) is 4.79 Å². The Kier molecular flexibility index (Phi) is 4.84. The van der Waals surface area contributed by atoms with Gasteiger partial charge in [-0.05, 0) is 53.6 Å². The van der Waals surface area contributed by atoms with Crippen molar-refractivity contribution in [1.29, 1.82) is 0 Å². The normalized spacial score (nSPS) is 15.8. The first-order valence-corrected chi connectivity index (χ1v) is 10.1. The highest BCUT2D eigenvalue weighted by Gasteiger charge is 2.30. The molecule has 4 aromatic rings. The van der Waals surface area contributed by atoms with Gasteiger partial charge in [0.15, 0.2) is 0 Å². The number of carboxylic acid groups (broad SMARTS) is 1. The lowest BCUT2D eigenvalue weighted by Crippen LogP contribution is -2.19. The number of anilines is 1. The Morgan fingerprint density at radius 2 is 1.74 bits per heavy atom. The fourth-order valence-corrected chi connectivity index (χ4v) is 3.92. The third-order valence-electron chi connectivity index (χ3n) is 5.32. The van der Waals surface area contributed by atoms with Gasteiger partial charge in [0, 0.05) is 23.8 Å². The maximum atomic E-state index is 11.5. The van der Waals surface area contributed by atoms with Gasteiger partial charge in [-0.2, -0.15) is 5.10 Å². The van der Waals surface area contributed by atoms with Crippen molar-refractivity contribution in [3.05, 3.63) is 101 Å². The average Bonchev–Trinajstić information content (AvgIpc) is 3.25.